The molecule has 1 aliphatic rings. The van der Waals surface area contributed by atoms with Crippen molar-refractivity contribution in [3.63, 3.8) is 0 Å². The van der Waals surface area contributed by atoms with E-state index in [1.54, 1.807) is 44.2 Å². The lowest BCUT2D eigenvalue weighted by Gasteiger charge is -2.32. The topological polar surface area (TPSA) is 94.8 Å². The summed E-state index contributed by atoms with van der Waals surface area (Å²) in [4.78, 5) is 26.0. The number of Topliss-reactive ketones (excluding diaryl/α,β-unsaturated/α-hetero) is 2. The Kier molecular flexibility index (Phi) is 6.41. The highest BCUT2D eigenvalue weighted by Crippen LogP contribution is 2.38. The average molecular weight is 382 g/mol. The summed E-state index contributed by atoms with van der Waals surface area (Å²) in [6, 6.07) is 8.07. The minimum Gasteiger partial charge on any atom is -0.508 e. The first kappa shape index (κ1) is 21.4. The lowest BCUT2D eigenvalue weighted by molar-refractivity contribution is -0.132. The van der Waals surface area contributed by atoms with Gasteiger partial charge in [-0.3, -0.25) is 9.59 Å². The molecule has 3 N–H and O–H groups in total. The molecule has 0 fully saturated rings. The van der Waals surface area contributed by atoms with E-state index in [1.165, 1.54) is 12.1 Å². The van der Waals surface area contributed by atoms with Crippen LogP contribution in [0.4, 0.5) is 0 Å². The second-order valence-electron chi connectivity index (χ2n) is 7.41. The molecule has 1 aliphatic carbocycles. The van der Waals surface area contributed by atoms with Crippen LogP contribution in [0, 0.1) is 0 Å². The molecule has 28 heavy (non-hydrogen) atoms. The third-order valence-electron chi connectivity index (χ3n) is 4.59. The maximum Gasteiger partial charge on any atom is 0.210 e. The number of aliphatic hydroxyl groups is 3. The van der Waals surface area contributed by atoms with Gasteiger partial charge in [0.15, 0.2) is 5.60 Å². The van der Waals surface area contributed by atoms with Gasteiger partial charge in [-0.25, -0.2) is 0 Å². The molecule has 0 radical (unpaired) electrons. The fraction of sp³-hybridized carbons (Fsp3) is 0.304. The Balaban J connectivity index is 2.68. The number of carbonyl (C=O) groups excluding carboxylic acids is 2. The quantitative estimate of drug-likeness (QED) is 0.382. The van der Waals surface area contributed by atoms with E-state index >= 15 is 0 Å². The van der Waals surface area contributed by atoms with E-state index in [4.69, 9.17) is 0 Å². The monoisotopic (exact) mass is 382 g/mol. The van der Waals surface area contributed by atoms with Crippen molar-refractivity contribution in [3.05, 3.63) is 81.9 Å². The van der Waals surface area contributed by atoms with E-state index in [1.807, 2.05) is 13.8 Å². The number of allylic oxidation sites excluding steroid dienone is 4. The molecule has 148 valence electrons. The van der Waals surface area contributed by atoms with Gasteiger partial charge in [0.1, 0.15) is 17.1 Å². The van der Waals surface area contributed by atoms with Crippen LogP contribution in [0.25, 0.3) is 0 Å². The summed E-state index contributed by atoms with van der Waals surface area (Å²) in [7, 11) is 0. The summed E-state index contributed by atoms with van der Waals surface area (Å²) < 4.78 is 0. The van der Waals surface area contributed by atoms with E-state index < -0.39 is 34.3 Å². The minimum absolute atomic E-state index is 0.0234. The zero-order valence-electron chi connectivity index (χ0n) is 16.6. The van der Waals surface area contributed by atoms with Crippen LogP contribution < -0.4 is 0 Å². The number of rotatable bonds is 6. The number of ketones is 2. The Morgan fingerprint density at radius 2 is 1.57 bits per heavy atom. The summed E-state index contributed by atoms with van der Waals surface area (Å²) in [5.41, 5.74) is -0.850. The summed E-state index contributed by atoms with van der Waals surface area (Å²) in [6.45, 7) is 7.28. The predicted molar refractivity (Wildman–Crippen MR) is 108 cm³/mol. The smallest absolute Gasteiger partial charge is 0.210 e. The average Bonchev–Trinajstić information content (AvgIpc) is 2.65. The van der Waals surface area contributed by atoms with Crippen molar-refractivity contribution in [2.24, 2.45) is 0 Å². The summed E-state index contributed by atoms with van der Waals surface area (Å²) in [5, 5.41) is 32.4. The SMILES string of the molecule is CC(C)=CCC1=C(O)C(O)(CC=C(C)C)C(=O)C(C(=O)c2ccccc2)=C1O. The van der Waals surface area contributed by atoms with Crippen LogP contribution in [-0.4, -0.2) is 32.5 Å². The Morgan fingerprint density at radius 3 is 2.11 bits per heavy atom. The molecule has 2 rings (SSSR count). The predicted octanol–water partition coefficient (Wildman–Crippen LogP) is 4.52. The molecule has 0 saturated heterocycles. The van der Waals surface area contributed by atoms with E-state index in [-0.39, 0.29) is 24.0 Å². The molecule has 1 unspecified atom stereocenters. The Morgan fingerprint density at radius 1 is 1.00 bits per heavy atom. The summed E-state index contributed by atoms with van der Waals surface area (Å²) in [5.74, 6) is -2.90. The highest BCUT2D eigenvalue weighted by molar-refractivity contribution is 6.30. The van der Waals surface area contributed by atoms with Crippen LogP contribution in [0.5, 0.6) is 0 Å². The Bertz CT molecular complexity index is 908. The fourth-order valence-electron chi connectivity index (χ4n) is 2.92. The van der Waals surface area contributed by atoms with Gasteiger partial charge in [0.2, 0.25) is 11.6 Å². The number of aliphatic hydroxyl groups excluding tert-OH is 2. The van der Waals surface area contributed by atoms with E-state index in [0.717, 1.165) is 11.1 Å². The fourth-order valence-corrected chi connectivity index (χ4v) is 2.92. The maximum atomic E-state index is 13.1. The second kappa shape index (κ2) is 8.40. The lowest BCUT2D eigenvalue weighted by Crippen LogP contribution is -2.46. The second-order valence-corrected chi connectivity index (χ2v) is 7.41. The molecule has 0 aromatic heterocycles. The summed E-state index contributed by atoms with van der Waals surface area (Å²) in [6.07, 6.45) is 3.23. The molecular weight excluding hydrogens is 356 g/mol. The molecule has 1 aromatic rings. The van der Waals surface area contributed by atoms with Crippen LogP contribution in [0.15, 0.2) is 76.3 Å². The third-order valence-corrected chi connectivity index (χ3v) is 4.59. The van der Waals surface area contributed by atoms with Gasteiger partial charge in [-0.05, 0) is 34.1 Å². The van der Waals surface area contributed by atoms with Gasteiger partial charge >= 0.3 is 0 Å². The standard InChI is InChI=1S/C23H26O5/c1-14(2)10-11-17-20(25)18(19(24)16-8-6-5-7-9-16)22(27)23(28,21(17)26)13-12-15(3)4/h5-10,12,25-26,28H,11,13H2,1-4H3. The molecule has 5 nitrogen and oxygen atoms in total. The lowest BCUT2D eigenvalue weighted by atomic mass is 9.76. The first-order valence-corrected chi connectivity index (χ1v) is 9.09. The van der Waals surface area contributed by atoms with Crippen molar-refractivity contribution in [1.29, 1.82) is 0 Å². The van der Waals surface area contributed by atoms with Crippen LogP contribution in [0.3, 0.4) is 0 Å². The van der Waals surface area contributed by atoms with Gasteiger partial charge in [-0.2, -0.15) is 0 Å². The normalized spacial score (nSPS) is 19.5. The number of benzene rings is 1. The summed E-state index contributed by atoms with van der Waals surface area (Å²) >= 11 is 0. The molecule has 0 bridgehead atoms. The van der Waals surface area contributed by atoms with E-state index in [2.05, 4.69) is 0 Å². The molecule has 1 atom stereocenters. The van der Waals surface area contributed by atoms with Crippen molar-refractivity contribution in [2.45, 2.75) is 46.1 Å². The largest absolute Gasteiger partial charge is 0.508 e. The van der Waals surface area contributed by atoms with Crippen LogP contribution in [0.2, 0.25) is 0 Å². The van der Waals surface area contributed by atoms with Gasteiger partial charge in [0, 0.05) is 17.6 Å². The molecule has 5 heteroatoms. The molecular formula is C23H26O5. The molecule has 0 amide bonds. The van der Waals surface area contributed by atoms with Crippen LogP contribution in [0.1, 0.15) is 50.9 Å². The van der Waals surface area contributed by atoms with Crippen molar-refractivity contribution < 1.29 is 24.9 Å². The molecule has 0 heterocycles. The molecule has 1 aromatic carbocycles. The number of hydrogen-bond acceptors (Lipinski definition) is 5. The third kappa shape index (κ3) is 4.15. The Hall–Kier alpha value is -2.92. The van der Waals surface area contributed by atoms with Gasteiger partial charge in [0.05, 0.1) is 0 Å². The minimum atomic E-state index is -2.30. The van der Waals surface area contributed by atoms with E-state index in [9.17, 15) is 24.9 Å². The number of hydrogen-bond donors (Lipinski definition) is 3. The van der Waals surface area contributed by atoms with Gasteiger partial charge in [0.25, 0.3) is 0 Å². The number of carbonyl (C=O) groups is 2. The maximum absolute atomic E-state index is 13.1. The van der Waals surface area contributed by atoms with Gasteiger partial charge < -0.3 is 15.3 Å². The van der Waals surface area contributed by atoms with Gasteiger partial charge in [-0.1, -0.05) is 53.6 Å². The highest BCUT2D eigenvalue weighted by atomic mass is 16.3. The van der Waals surface area contributed by atoms with Crippen LogP contribution in [-0.2, 0) is 4.79 Å². The molecule has 0 aliphatic heterocycles. The zero-order valence-corrected chi connectivity index (χ0v) is 16.6. The zero-order chi connectivity index (χ0) is 21.1. The van der Waals surface area contributed by atoms with Crippen molar-refractivity contribution >= 4 is 11.6 Å². The van der Waals surface area contributed by atoms with E-state index in [0.29, 0.717) is 0 Å². The Labute approximate surface area is 165 Å². The first-order chi connectivity index (χ1) is 13.1. The van der Waals surface area contributed by atoms with Crippen molar-refractivity contribution in [3.8, 4) is 0 Å². The molecule has 0 saturated carbocycles. The van der Waals surface area contributed by atoms with Crippen LogP contribution >= 0.6 is 0 Å². The molecule has 0 spiro atoms. The first-order valence-electron chi connectivity index (χ1n) is 9.09. The van der Waals surface area contributed by atoms with Gasteiger partial charge in [-0.15, -0.1) is 0 Å². The highest BCUT2D eigenvalue weighted by Gasteiger charge is 2.49. The van der Waals surface area contributed by atoms with Crippen molar-refractivity contribution in [1.82, 2.24) is 0 Å². The van der Waals surface area contributed by atoms with Crippen molar-refractivity contribution in [2.75, 3.05) is 0 Å².